The van der Waals surface area contributed by atoms with Crippen LogP contribution in [0.1, 0.15) is 0 Å². The Morgan fingerprint density at radius 3 is 1.80 bits per heavy atom. The van der Waals surface area contributed by atoms with Gasteiger partial charge in [0.2, 0.25) is 0 Å². The van der Waals surface area contributed by atoms with E-state index < -0.39 is 8.60 Å². The van der Waals surface area contributed by atoms with E-state index in [0.29, 0.717) is 0 Å². The smallest absolute Gasteiger partial charge is 0.326 e. The van der Waals surface area contributed by atoms with Crippen LogP contribution in [0, 0.1) is 0 Å². The van der Waals surface area contributed by atoms with E-state index >= 15 is 0 Å². The van der Waals surface area contributed by atoms with Crippen LogP contribution in [0.25, 0.3) is 0 Å². The summed E-state index contributed by atoms with van der Waals surface area (Å²) in [4.78, 5) is 15.5. The van der Waals surface area contributed by atoms with Gasteiger partial charge in [-0.3, -0.25) is 0 Å². The van der Waals surface area contributed by atoms with Crippen molar-refractivity contribution in [3.8, 4) is 0 Å². The zero-order chi connectivity index (χ0) is 4.28. The van der Waals surface area contributed by atoms with Crippen LogP contribution in [-0.4, -0.2) is 16.9 Å². The second kappa shape index (κ2) is 2.54. The molecule has 0 unspecified atom stereocenters. The average Bonchev–Trinajstić information content (AvgIpc) is 1.38. The van der Waals surface area contributed by atoms with Crippen molar-refractivity contribution in [3.05, 3.63) is 0 Å². The lowest BCUT2D eigenvalue weighted by Gasteiger charge is -1.89. The van der Waals surface area contributed by atoms with Gasteiger partial charge in [0.25, 0.3) is 0 Å². The van der Waals surface area contributed by atoms with Gasteiger partial charge in [0.15, 0.2) is 0 Å². The second-order valence-corrected chi connectivity index (χ2v) is 1.31. The second-order valence-electron chi connectivity index (χ2n) is 0.435. The lowest BCUT2D eigenvalue weighted by Crippen LogP contribution is -1.67. The van der Waals surface area contributed by atoms with Crippen LogP contribution in [0.4, 0.5) is 0 Å². The van der Waals surface area contributed by atoms with E-state index in [9.17, 15) is 0 Å². The van der Waals surface area contributed by atoms with E-state index in [1.807, 2.05) is 0 Å². The van der Waals surface area contributed by atoms with E-state index in [4.69, 9.17) is 9.79 Å². The molecule has 0 saturated carbocycles. The summed E-state index contributed by atoms with van der Waals surface area (Å²) in [7, 11) is -0.870. The molecule has 0 aromatic heterocycles. The van der Waals surface area contributed by atoms with Gasteiger partial charge in [0, 0.05) is 7.11 Å². The Labute approximate surface area is 31.2 Å². The van der Waals surface area contributed by atoms with Gasteiger partial charge in [-0.05, 0) is 0 Å². The van der Waals surface area contributed by atoms with Crippen molar-refractivity contribution >= 4 is 8.60 Å². The Morgan fingerprint density at radius 1 is 1.60 bits per heavy atom. The van der Waals surface area contributed by atoms with E-state index in [1.54, 1.807) is 0 Å². The van der Waals surface area contributed by atoms with Crippen molar-refractivity contribution in [2.24, 2.45) is 0 Å². The summed E-state index contributed by atoms with van der Waals surface area (Å²) in [6.07, 6.45) is 0. The Kier molecular flexibility index (Phi) is 2.70. The molecule has 0 amide bonds. The first-order chi connectivity index (χ1) is 2.27. The molecule has 0 aliphatic rings. The van der Waals surface area contributed by atoms with Gasteiger partial charge >= 0.3 is 8.60 Å². The largest absolute Gasteiger partial charge is 0.328 e. The number of hydrogen-bond donors (Lipinski definition) is 2. The molecule has 0 aromatic rings. The van der Waals surface area contributed by atoms with Crippen molar-refractivity contribution in [1.82, 2.24) is 0 Å². The zero-order valence-electron chi connectivity index (χ0n) is 2.75. The fourth-order valence-electron chi connectivity index (χ4n) is 0. The van der Waals surface area contributed by atoms with Crippen LogP contribution >= 0.6 is 8.60 Å². The van der Waals surface area contributed by atoms with Crippen LogP contribution in [0.2, 0.25) is 0 Å². The quantitative estimate of drug-likeness (QED) is 0.446. The van der Waals surface area contributed by atoms with Gasteiger partial charge in [0.1, 0.15) is 0 Å². The van der Waals surface area contributed by atoms with Crippen LogP contribution in [0.3, 0.4) is 0 Å². The highest BCUT2D eigenvalue weighted by atomic mass is 31.2. The van der Waals surface area contributed by atoms with Gasteiger partial charge in [-0.25, -0.2) is 0 Å². The van der Waals surface area contributed by atoms with Gasteiger partial charge in [-0.1, -0.05) is 0 Å². The molecule has 0 saturated heterocycles. The van der Waals surface area contributed by atoms with Crippen molar-refractivity contribution in [3.63, 3.8) is 0 Å². The van der Waals surface area contributed by atoms with E-state index in [2.05, 4.69) is 4.52 Å². The summed E-state index contributed by atoms with van der Waals surface area (Å²) < 4.78 is 3.93. The molecule has 0 atom stereocenters. The summed E-state index contributed by atoms with van der Waals surface area (Å²) >= 11 is 0. The molecule has 5 heavy (non-hydrogen) atoms. The van der Waals surface area contributed by atoms with Crippen molar-refractivity contribution < 1.29 is 14.3 Å². The first-order valence-electron chi connectivity index (χ1n) is 0.991. The van der Waals surface area contributed by atoms with Gasteiger partial charge in [0.05, 0.1) is 0 Å². The zero-order valence-corrected chi connectivity index (χ0v) is 3.64. The fraction of sp³-hybridized carbons (Fsp3) is 1.00. The molecule has 3 nitrogen and oxygen atoms in total. The molecule has 0 bridgehead atoms. The first-order valence-corrected chi connectivity index (χ1v) is 2.16. The maximum Gasteiger partial charge on any atom is 0.326 e. The van der Waals surface area contributed by atoms with Crippen LogP contribution in [0.15, 0.2) is 0 Å². The SMILES string of the molecule is COP(O)O. The van der Waals surface area contributed by atoms with Crippen molar-refractivity contribution in [2.45, 2.75) is 0 Å². The summed E-state index contributed by atoms with van der Waals surface area (Å²) in [5.74, 6) is 0. The summed E-state index contributed by atoms with van der Waals surface area (Å²) in [5, 5.41) is 0. The third-order valence-corrected chi connectivity index (χ3v) is 0.490. The predicted octanol–water partition coefficient (Wildman–Crippen LogP) is -0.156. The summed E-state index contributed by atoms with van der Waals surface area (Å²) in [6, 6.07) is 0. The summed E-state index contributed by atoms with van der Waals surface area (Å²) in [6.45, 7) is 0. The minimum absolute atomic E-state index is 1.23. The Hall–Kier alpha value is 0.310. The molecule has 2 N–H and O–H groups in total. The lowest BCUT2D eigenvalue weighted by molar-refractivity contribution is 0.310. The van der Waals surface area contributed by atoms with Gasteiger partial charge < -0.3 is 14.3 Å². The minimum atomic E-state index is -2.10. The number of rotatable bonds is 1. The van der Waals surface area contributed by atoms with Gasteiger partial charge in [-0.2, -0.15) is 0 Å². The molecular weight excluding hydrogens is 91.0 g/mol. The van der Waals surface area contributed by atoms with Crippen LogP contribution < -0.4 is 0 Å². The maximum absolute atomic E-state index is 7.76. The van der Waals surface area contributed by atoms with Crippen LogP contribution in [0.5, 0.6) is 0 Å². The van der Waals surface area contributed by atoms with Gasteiger partial charge in [-0.15, -0.1) is 0 Å². The molecule has 0 heterocycles. The molecule has 0 spiro atoms. The Morgan fingerprint density at radius 2 is 1.80 bits per heavy atom. The topological polar surface area (TPSA) is 49.7 Å². The van der Waals surface area contributed by atoms with Crippen molar-refractivity contribution in [2.75, 3.05) is 7.11 Å². The molecule has 0 radical (unpaired) electrons. The van der Waals surface area contributed by atoms with Crippen LogP contribution in [-0.2, 0) is 4.52 Å². The maximum atomic E-state index is 7.76. The highest BCUT2D eigenvalue weighted by Gasteiger charge is 1.86. The summed E-state index contributed by atoms with van der Waals surface area (Å²) in [5.41, 5.74) is 0. The molecule has 4 heteroatoms. The fourth-order valence-corrected chi connectivity index (χ4v) is 0. The molecular formula is CH5O3P. The average molecular weight is 96.0 g/mol. The highest BCUT2D eigenvalue weighted by Crippen LogP contribution is 2.20. The highest BCUT2D eigenvalue weighted by molar-refractivity contribution is 7.39. The molecule has 0 aliphatic heterocycles. The number of hydrogen-bond acceptors (Lipinski definition) is 3. The lowest BCUT2D eigenvalue weighted by atomic mass is 11.8. The molecule has 0 aromatic carbocycles. The Bertz CT molecular complexity index is 20.9. The van der Waals surface area contributed by atoms with E-state index in [-0.39, 0.29) is 0 Å². The van der Waals surface area contributed by atoms with Crippen molar-refractivity contribution in [1.29, 1.82) is 0 Å². The molecule has 0 aliphatic carbocycles. The minimum Gasteiger partial charge on any atom is -0.328 e. The molecule has 32 valence electrons. The van der Waals surface area contributed by atoms with E-state index in [1.165, 1.54) is 7.11 Å². The molecule has 0 fully saturated rings. The standard InChI is InChI=1S/CH5O3P/c1-4-5(2)3/h2-3H,1H3. The third kappa shape index (κ3) is 4.31. The third-order valence-electron chi connectivity index (χ3n) is 0.163. The normalized spacial score (nSPS) is 9.60. The monoisotopic (exact) mass is 96.0 g/mol. The first kappa shape index (κ1) is 5.31. The molecule has 0 rings (SSSR count). The predicted molar refractivity (Wildman–Crippen MR) is 18.4 cm³/mol. The van der Waals surface area contributed by atoms with E-state index in [0.717, 1.165) is 0 Å². The Balaban J connectivity index is 2.54.